The van der Waals surface area contributed by atoms with E-state index in [1.54, 1.807) is 0 Å². The van der Waals surface area contributed by atoms with Crippen LogP contribution in [0.1, 0.15) is 55.9 Å². The Labute approximate surface area is 151 Å². The van der Waals surface area contributed by atoms with Crippen molar-refractivity contribution in [2.24, 2.45) is 5.73 Å². The van der Waals surface area contributed by atoms with E-state index in [2.05, 4.69) is 75.9 Å². The van der Waals surface area contributed by atoms with Gasteiger partial charge in [0.05, 0.1) is 11.4 Å². The maximum absolute atomic E-state index is 6.24. The molecule has 0 unspecified atom stereocenters. The van der Waals surface area contributed by atoms with Gasteiger partial charge in [-0.2, -0.15) is 0 Å². The number of thiocarbonyl (C=S) groups is 1. The molecule has 0 atom stereocenters. The van der Waals surface area contributed by atoms with Crippen LogP contribution < -0.4 is 10.6 Å². The number of benzene rings is 2. The third kappa shape index (κ3) is 3.46. The summed E-state index contributed by atoms with van der Waals surface area (Å²) in [6.07, 6.45) is 1.90. The first-order valence-electron chi connectivity index (χ1n) is 8.72. The topological polar surface area (TPSA) is 29.3 Å². The molecule has 128 valence electrons. The van der Waals surface area contributed by atoms with Gasteiger partial charge in [-0.05, 0) is 60.2 Å². The van der Waals surface area contributed by atoms with Gasteiger partial charge in [-0.25, -0.2) is 0 Å². The molecule has 0 saturated carbocycles. The van der Waals surface area contributed by atoms with Gasteiger partial charge >= 0.3 is 0 Å². The van der Waals surface area contributed by atoms with E-state index in [9.17, 15) is 0 Å². The van der Waals surface area contributed by atoms with Crippen LogP contribution in [0.2, 0.25) is 0 Å². The monoisotopic (exact) mass is 340 g/mol. The first kappa shape index (κ1) is 18.5. The van der Waals surface area contributed by atoms with Crippen LogP contribution in [0.25, 0.3) is 0 Å². The second-order valence-corrected chi connectivity index (χ2v) is 6.89. The number of hydrogen-bond acceptors (Lipinski definition) is 1. The fraction of sp³-hybridized carbons (Fsp3) is 0.381. The summed E-state index contributed by atoms with van der Waals surface area (Å²) in [7, 11) is 0. The Morgan fingerprint density at radius 1 is 1.00 bits per heavy atom. The summed E-state index contributed by atoms with van der Waals surface area (Å²) < 4.78 is 0. The van der Waals surface area contributed by atoms with Gasteiger partial charge in [-0.15, -0.1) is 0 Å². The van der Waals surface area contributed by atoms with E-state index in [0.717, 1.165) is 24.2 Å². The molecule has 0 saturated heterocycles. The third-order valence-corrected chi connectivity index (χ3v) is 4.71. The minimum atomic E-state index is 0.399. The number of rotatable bonds is 5. The standard InChI is InChI=1S/C21H28N2S/c1-6-16-11-9-12-17(7-2)20(16)23(21(22)24)19-15(5)10-8-13-18(19)14(3)4/h8-14H,6-7H2,1-5H3,(H2,22,24). The Morgan fingerprint density at radius 3 is 2.00 bits per heavy atom. The van der Waals surface area contributed by atoms with Gasteiger partial charge in [-0.1, -0.05) is 64.1 Å². The molecule has 0 radical (unpaired) electrons. The quantitative estimate of drug-likeness (QED) is 0.716. The average Bonchev–Trinajstić information content (AvgIpc) is 2.55. The highest BCUT2D eigenvalue weighted by atomic mass is 32.1. The maximum atomic E-state index is 6.24. The highest BCUT2D eigenvalue weighted by Crippen LogP contribution is 2.39. The first-order valence-corrected chi connectivity index (χ1v) is 9.12. The molecular weight excluding hydrogens is 312 g/mol. The Bertz CT molecular complexity index is 710. The number of nitrogens with zero attached hydrogens (tertiary/aromatic N) is 1. The highest BCUT2D eigenvalue weighted by molar-refractivity contribution is 7.80. The number of hydrogen-bond donors (Lipinski definition) is 1. The van der Waals surface area contributed by atoms with Gasteiger partial charge in [-0.3, -0.25) is 4.90 Å². The number of para-hydroxylation sites is 2. The van der Waals surface area contributed by atoms with Crippen LogP contribution >= 0.6 is 12.2 Å². The number of anilines is 2. The molecule has 0 aliphatic carbocycles. The number of nitrogens with two attached hydrogens (primary N) is 1. The lowest BCUT2D eigenvalue weighted by Gasteiger charge is -2.32. The van der Waals surface area contributed by atoms with Gasteiger partial charge < -0.3 is 5.73 Å². The third-order valence-electron chi connectivity index (χ3n) is 4.52. The molecule has 24 heavy (non-hydrogen) atoms. The molecule has 2 N–H and O–H groups in total. The molecule has 2 rings (SSSR count). The van der Waals surface area contributed by atoms with E-state index in [1.807, 2.05) is 0 Å². The van der Waals surface area contributed by atoms with Crippen molar-refractivity contribution in [3.05, 3.63) is 58.7 Å². The summed E-state index contributed by atoms with van der Waals surface area (Å²) in [6.45, 7) is 10.9. The maximum Gasteiger partial charge on any atom is 0.175 e. The van der Waals surface area contributed by atoms with Crippen LogP contribution in [-0.4, -0.2) is 5.11 Å². The minimum Gasteiger partial charge on any atom is -0.376 e. The van der Waals surface area contributed by atoms with Crippen molar-refractivity contribution in [2.75, 3.05) is 4.90 Å². The summed E-state index contributed by atoms with van der Waals surface area (Å²) in [5.74, 6) is 0.399. The Kier molecular flexibility index (Phi) is 6.00. The predicted octanol–water partition coefficient (Wildman–Crippen LogP) is 5.62. The molecule has 0 amide bonds. The second-order valence-electron chi connectivity index (χ2n) is 6.47. The van der Waals surface area contributed by atoms with E-state index in [1.165, 1.54) is 22.3 Å². The molecule has 0 bridgehead atoms. The van der Waals surface area contributed by atoms with Crippen LogP contribution in [0.4, 0.5) is 11.4 Å². The largest absolute Gasteiger partial charge is 0.376 e. The highest BCUT2D eigenvalue weighted by Gasteiger charge is 2.23. The van der Waals surface area contributed by atoms with Crippen LogP contribution in [0.15, 0.2) is 36.4 Å². The minimum absolute atomic E-state index is 0.399. The lowest BCUT2D eigenvalue weighted by molar-refractivity contribution is 0.863. The Balaban J connectivity index is 2.82. The molecule has 0 fully saturated rings. The zero-order valence-electron chi connectivity index (χ0n) is 15.4. The Morgan fingerprint density at radius 2 is 1.54 bits per heavy atom. The van der Waals surface area contributed by atoms with Crippen molar-refractivity contribution in [1.82, 2.24) is 0 Å². The van der Waals surface area contributed by atoms with Crippen molar-refractivity contribution in [2.45, 2.75) is 53.4 Å². The van der Waals surface area contributed by atoms with Crippen molar-refractivity contribution < 1.29 is 0 Å². The van der Waals surface area contributed by atoms with E-state index in [-0.39, 0.29) is 0 Å². The zero-order valence-corrected chi connectivity index (χ0v) is 16.2. The van der Waals surface area contributed by atoms with Crippen LogP contribution in [-0.2, 0) is 12.8 Å². The smallest absolute Gasteiger partial charge is 0.175 e. The van der Waals surface area contributed by atoms with E-state index in [4.69, 9.17) is 18.0 Å². The normalized spacial score (nSPS) is 10.9. The van der Waals surface area contributed by atoms with Gasteiger partial charge in [0, 0.05) is 0 Å². The van der Waals surface area contributed by atoms with Gasteiger partial charge in [0.25, 0.3) is 0 Å². The van der Waals surface area contributed by atoms with Crippen molar-refractivity contribution >= 4 is 28.7 Å². The molecule has 0 aromatic heterocycles. The van der Waals surface area contributed by atoms with E-state index < -0.39 is 0 Å². The van der Waals surface area contributed by atoms with Gasteiger partial charge in [0.1, 0.15) is 0 Å². The predicted molar refractivity (Wildman–Crippen MR) is 109 cm³/mol. The van der Waals surface area contributed by atoms with Crippen LogP contribution in [0.5, 0.6) is 0 Å². The second kappa shape index (κ2) is 7.80. The Hall–Kier alpha value is -1.87. The zero-order chi connectivity index (χ0) is 17.9. The van der Waals surface area contributed by atoms with Crippen LogP contribution in [0, 0.1) is 6.92 Å². The molecule has 0 aliphatic rings. The molecule has 2 aromatic rings. The fourth-order valence-corrected chi connectivity index (χ4v) is 3.47. The summed E-state index contributed by atoms with van der Waals surface area (Å²) in [4.78, 5) is 2.09. The van der Waals surface area contributed by atoms with Crippen molar-refractivity contribution in [1.29, 1.82) is 0 Å². The van der Waals surface area contributed by atoms with Gasteiger partial charge in [0.15, 0.2) is 5.11 Å². The fourth-order valence-electron chi connectivity index (χ4n) is 3.29. The average molecular weight is 341 g/mol. The molecular formula is C21H28N2S. The summed E-state index contributed by atoms with van der Waals surface area (Å²) in [5.41, 5.74) is 13.6. The summed E-state index contributed by atoms with van der Waals surface area (Å²) in [5, 5.41) is 0.404. The molecule has 0 spiro atoms. The molecule has 3 heteroatoms. The van der Waals surface area contributed by atoms with Crippen LogP contribution in [0.3, 0.4) is 0 Å². The molecule has 2 aromatic carbocycles. The van der Waals surface area contributed by atoms with Crippen molar-refractivity contribution in [3.8, 4) is 0 Å². The summed E-state index contributed by atoms with van der Waals surface area (Å²) in [6, 6.07) is 12.9. The molecule has 0 aliphatic heterocycles. The molecule has 2 nitrogen and oxygen atoms in total. The van der Waals surface area contributed by atoms with Gasteiger partial charge in [0.2, 0.25) is 0 Å². The summed E-state index contributed by atoms with van der Waals surface area (Å²) >= 11 is 5.51. The SMILES string of the molecule is CCc1cccc(CC)c1N(C(N)=S)c1c(C)cccc1C(C)C. The van der Waals surface area contributed by atoms with E-state index in [0.29, 0.717) is 11.0 Å². The van der Waals surface area contributed by atoms with Crippen molar-refractivity contribution in [3.63, 3.8) is 0 Å². The number of aryl methyl sites for hydroxylation is 3. The first-order chi connectivity index (χ1) is 11.4. The molecule has 0 heterocycles. The van der Waals surface area contributed by atoms with E-state index >= 15 is 0 Å². The lowest BCUT2D eigenvalue weighted by Crippen LogP contribution is -2.34. The lowest BCUT2D eigenvalue weighted by atomic mass is 9.95.